The third kappa shape index (κ3) is 3.59. The third-order valence-corrected chi connectivity index (χ3v) is 7.31. The van der Waals surface area contributed by atoms with E-state index in [4.69, 9.17) is 5.73 Å². The number of carbonyl (C=O) groups is 1. The number of nitrogens with zero attached hydrogens (tertiary/aromatic N) is 3. The Morgan fingerprint density at radius 3 is 2.50 bits per heavy atom. The van der Waals surface area contributed by atoms with Crippen molar-refractivity contribution in [3.05, 3.63) is 78.9 Å². The molecule has 0 radical (unpaired) electrons. The first-order valence-corrected chi connectivity index (χ1v) is 11.3. The summed E-state index contributed by atoms with van der Waals surface area (Å²) >= 11 is 1.60. The molecule has 32 heavy (non-hydrogen) atoms. The number of hydrogen-bond acceptors (Lipinski definition) is 7. The number of hydrogen-bond donors (Lipinski definition) is 1. The van der Waals surface area contributed by atoms with Crippen molar-refractivity contribution < 1.29 is 9.72 Å². The number of aryl methyl sites for hydroxylation is 1. The van der Waals surface area contributed by atoms with Crippen molar-refractivity contribution in [1.29, 1.82) is 5.26 Å². The van der Waals surface area contributed by atoms with Crippen LogP contribution in [0.5, 0.6) is 0 Å². The number of nitrogens with two attached hydrogens (primary N) is 1. The average molecular weight is 449 g/mol. The summed E-state index contributed by atoms with van der Waals surface area (Å²) in [6, 6.07) is 12.3. The molecule has 8 heteroatoms. The van der Waals surface area contributed by atoms with E-state index in [1.165, 1.54) is 17.0 Å². The number of rotatable bonds is 4. The van der Waals surface area contributed by atoms with E-state index in [0.717, 1.165) is 17.0 Å². The van der Waals surface area contributed by atoms with E-state index in [2.05, 4.69) is 13.0 Å². The second-order valence-electron chi connectivity index (χ2n) is 8.91. The van der Waals surface area contributed by atoms with Crippen LogP contribution >= 0.6 is 11.3 Å². The maximum atomic E-state index is 13.5. The minimum Gasteiger partial charge on any atom is -0.384 e. The first kappa shape index (κ1) is 21.8. The van der Waals surface area contributed by atoms with Gasteiger partial charge in [0, 0.05) is 45.3 Å². The van der Waals surface area contributed by atoms with Crippen LogP contribution in [-0.4, -0.2) is 10.7 Å². The quantitative estimate of drug-likeness (QED) is 0.510. The molecule has 2 heterocycles. The molecule has 2 aliphatic rings. The molecule has 7 nitrogen and oxygen atoms in total. The predicted octanol–water partition coefficient (Wildman–Crippen LogP) is 5.16. The summed E-state index contributed by atoms with van der Waals surface area (Å²) in [7, 11) is 0. The molecule has 1 aromatic heterocycles. The normalized spacial score (nSPS) is 20.2. The van der Waals surface area contributed by atoms with Gasteiger partial charge in [0.05, 0.1) is 22.5 Å². The Morgan fingerprint density at radius 1 is 1.25 bits per heavy atom. The molecular formula is C24H24N4O3S. The van der Waals surface area contributed by atoms with Gasteiger partial charge in [-0.25, -0.2) is 0 Å². The van der Waals surface area contributed by atoms with Gasteiger partial charge in [-0.2, -0.15) is 5.26 Å². The summed E-state index contributed by atoms with van der Waals surface area (Å²) in [5.74, 6) is -0.208. The van der Waals surface area contributed by atoms with Crippen molar-refractivity contribution in [3.8, 4) is 6.07 Å². The highest BCUT2D eigenvalue weighted by Gasteiger charge is 2.45. The highest BCUT2D eigenvalue weighted by molar-refractivity contribution is 7.12. The van der Waals surface area contributed by atoms with Crippen LogP contribution < -0.4 is 10.6 Å². The maximum absolute atomic E-state index is 13.5. The van der Waals surface area contributed by atoms with Crippen LogP contribution in [0.1, 0.15) is 49.3 Å². The van der Waals surface area contributed by atoms with E-state index in [1.807, 2.05) is 26.0 Å². The second kappa shape index (κ2) is 7.92. The van der Waals surface area contributed by atoms with E-state index in [1.54, 1.807) is 28.4 Å². The molecule has 2 aromatic rings. The summed E-state index contributed by atoms with van der Waals surface area (Å²) in [5, 5.41) is 21.2. The fraction of sp³-hybridized carbons (Fsp3) is 0.333. The zero-order valence-corrected chi connectivity index (χ0v) is 19.0. The van der Waals surface area contributed by atoms with Gasteiger partial charge in [0.25, 0.3) is 5.69 Å². The van der Waals surface area contributed by atoms with Crippen LogP contribution in [-0.2, 0) is 11.2 Å². The Kier molecular flexibility index (Phi) is 5.39. The number of ketones is 1. The van der Waals surface area contributed by atoms with Crippen molar-refractivity contribution >= 4 is 28.5 Å². The predicted molar refractivity (Wildman–Crippen MR) is 124 cm³/mol. The second-order valence-corrected chi connectivity index (χ2v) is 10.1. The molecule has 2 N–H and O–H groups in total. The summed E-state index contributed by atoms with van der Waals surface area (Å²) in [5.41, 5.74) is 8.58. The lowest BCUT2D eigenvalue weighted by atomic mass is 9.69. The van der Waals surface area contributed by atoms with Gasteiger partial charge in [-0.15, -0.1) is 11.3 Å². The number of Topliss-reactive ketones (excluding diaryl/α,β-unsaturated/α-hetero) is 1. The van der Waals surface area contributed by atoms with Gasteiger partial charge < -0.3 is 5.73 Å². The molecule has 0 amide bonds. The van der Waals surface area contributed by atoms with Crippen molar-refractivity contribution in [1.82, 2.24) is 0 Å². The van der Waals surface area contributed by atoms with Crippen LogP contribution in [0, 0.1) is 26.9 Å². The number of nitriles is 1. The molecule has 0 fully saturated rings. The zero-order chi connectivity index (χ0) is 23.2. The van der Waals surface area contributed by atoms with Crippen LogP contribution in [0.2, 0.25) is 0 Å². The molecule has 1 atom stereocenters. The molecule has 0 bridgehead atoms. The lowest BCUT2D eigenvalue weighted by Crippen LogP contribution is -2.42. The van der Waals surface area contributed by atoms with E-state index in [0.29, 0.717) is 29.7 Å². The topological polar surface area (TPSA) is 113 Å². The lowest BCUT2D eigenvalue weighted by molar-refractivity contribution is -0.384. The maximum Gasteiger partial charge on any atom is 0.269 e. The molecule has 164 valence electrons. The third-order valence-electron chi connectivity index (χ3n) is 6.02. The van der Waals surface area contributed by atoms with Crippen molar-refractivity contribution in [3.63, 3.8) is 0 Å². The van der Waals surface area contributed by atoms with Gasteiger partial charge in [-0.3, -0.25) is 19.8 Å². The largest absolute Gasteiger partial charge is 0.384 e. The number of non-ortho nitro benzene ring substituents is 1. The van der Waals surface area contributed by atoms with Gasteiger partial charge in [0.1, 0.15) is 5.82 Å². The van der Waals surface area contributed by atoms with E-state index >= 15 is 0 Å². The van der Waals surface area contributed by atoms with Gasteiger partial charge in [0.15, 0.2) is 5.78 Å². The number of nitro groups is 1. The van der Waals surface area contributed by atoms with Crippen molar-refractivity contribution in [2.24, 2.45) is 11.1 Å². The number of nitro benzene ring substituents is 1. The van der Waals surface area contributed by atoms with Crippen LogP contribution in [0.15, 0.2) is 59.1 Å². The fourth-order valence-corrected chi connectivity index (χ4v) is 5.62. The SMILES string of the molecule is CCc1ccc(C2C(C#N)=C(N)N(c3ccc([N+](=O)[O-])cc3)C3=C2C(=O)CC(C)(C)C3)s1. The first-order valence-electron chi connectivity index (χ1n) is 10.5. The molecular weight excluding hydrogens is 424 g/mol. The highest BCUT2D eigenvalue weighted by atomic mass is 32.1. The van der Waals surface area contributed by atoms with Gasteiger partial charge in [-0.1, -0.05) is 20.8 Å². The van der Waals surface area contributed by atoms with Gasteiger partial charge in [0.2, 0.25) is 0 Å². The molecule has 1 aliphatic carbocycles. The smallest absolute Gasteiger partial charge is 0.269 e. The molecule has 1 unspecified atom stereocenters. The molecule has 4 rings (SSSR count). The summed E-state index contributed by atoms with van der Waals surface area (Å²) < 4.78 is 0. The van der Waals surface area contributed by atoms with Crippen molar-refractivity contribution in [2.75, 3.05) is 4.90 Å². The Hall–Kier alpha value is -3.44. The number of benzene rings is 1. The molecule has 0 spiro atoms. The molecule has 0 saturated carbocycles. The summed E-state index contributed by atoms with van der Waals surface area (Å²) in [6.45, 7) is 6.15. The summed E-state index contributed by atoms with van der Waals surface area (Å²) in [4.78, 5) is 27.9. The fourth-order valence-electron chi connectivity index (χ4n) is 4.55. The zero-order valence-electron chi connectivity index (χ0n) is 18.2. The number of thiophene rings is 1. The monoisotopic (exact) mass is 448 g/mol. The van der Waals surface area contributed by atoms with E-state index in [-0.39, 0.29) is 22.7 Å². The van der Waals surface area contributed by atoms with Crippen LogP contribution in [0.4, 0.5) is 11.4 Å². The molecule has 0 saturated heterocycles. The Balaban J connectivity index is 1.94. The Morgan fingerprint density at radius 2 is 1.94 bits per heavy atom. The van der Waals surface area contributed by atoms with E-state index in [9.17, 15) is 20.2 Å². The lowest BCUT2D eigenvalue weighted by Gasteiger charge is -2.43. The average Bonchev–Trinajstić information content (AvgIpc) is 3.21. The highest BCUT2D eigenvalue weighted by Crippen LogP contribution is 2.51. The number of anilines is 1. The summed E-state index contributed by atoms with van der Waals surface area (Å²) in [6.07, 6.45) is 1.87. The van der Waals surface area contributed by atoms with Crippen LogP contribution in [0.3, 0.4) is 0 Å². The first-order chi connectivity index (χ1) is 15.2. The van der Waals surface area contributed by atoms with Crippen molar-refractivity contribution in [2.45, 2.75) is 46.0 Å². The molecule has 1 aliphatic heterocycles. The van der Waals surface area contributed by atoms with Crippen LogP contribution in [0.25, 0.3) is 0 Å². The Labute approximate surface area is 190 Å². The van der Waals surface area contributed by atoms with Gasteiger partial charge >= 0.3 is 0 Å². The minimum absolute atomic E-state index is 0.0138. The minimum atomic E-state index is -0.488. The van der Waals surface area contributed by atoms with Gasteiger partial charge in [-0.05, 0) is 42.5 Å². The number of carbonyl (C=O) groups excluding carboxylic acids is 1. The molecule has 1 aromatic carbocycles. The Bertz CT molecular complexity index is 1210. The standard InChI is InChI=1S/C24H24N4O3S/c1-4-16-9-10-20(32-16)21-17(13-25)23(26)27(14-5-7-15(8-6-14)28(30)31)18-11-24(2,3)12-19(29)22(18)21/h5-10,21H,4,11-12,26H2,1-3H3. The van der Waals surface area contributed by atoms with E-state index < -0.39 is 10.8 Å². The number of allylic oxidation sites excluding steroid dienone is 3.